The largest absolute Gasteiger partial charge is 0.469 e. The molecule has 8 aliphatic rings. The summed E-state index contributed by atoms with van der Waals surface area (Å²) in [6.45, 7) is 13.4. The third kappa shape index (κ3) is 2.80. The van der Waals surface area contributed by atoms with Crippen LogP contribution in [0.3, 0.4) is 0 Å². The molecule has 8 heteroatoms. The lowest BCUT2D eigenvalue weighted by atomic mass is 9.36. The second-order valence-electron chi connectivity index (χ2n) is 13.9. The second kappa shape index (κ2) is 7.92. The summed E-state index contributed by atoms with van der Waals surface area (Å²) in [6, 6.07) is 0. The molecule has 1 unspecified atom stereocenters. The highest BCUT2D eigenvalue weighted by Gasteiger charge is 2.90. The molecule has 8 rings (SSSR count). The number of carbonyl (C=O) groups is 1. The molecule has 3 spiro atoms. The van der Waals surface area contributed by atoms with Crippen molar-refractivity contribution < 1.29 is 38.7 Å². The summed E-state index contributed by atoms with van der Waals surface area (Å²) in [5, 5.41) is 21.6. The van der Waals surface area contributed by atoms with Gasteiger partial charge < -0.3 is 33.9 Å². The van der Waals surface area contributed by atoms with Gasteiger partial charge in [-0.25, -0.2) is 0 Å². The van der Waals surface area contributed by atoms with Crippen molar-refractivity contribution in [2.45, 2.75) is 103 Å². The van der Waals surface area contributed by atoms with Gasteiger partial charge >= 0.3 is 0 Å². The first-order chi connectivity index (χ1) is 18.0. The zero-order chi connectivity index (χ0) is 26.9. The van der Waals surface area contributed by atoms with Crippen molar-refractivity contribution in [1.82, 2.24) is 0 Å². The first-order valence-corrected chi connectivity index (χ1v) is 14.5. The Morgan fingerprint density at radius 2 is 1.92 bits per heavy atom. The molecule has 4 aliphatic carbocycles. The minimum Gasteiger partial charge on any atom is -0.469 e. The van der Waals surface area contributed by atoms with Gasteiger partial charge in [0, 0.05) is 24.9 Å². The van der Waals surface area contributed by atoms with Gasteiger partial charge in [-0.3, -0.25) is 4.79 Å². The zero-order valence-electron chi connectivity index (χ0n) is 23.1. The molecule has 210 valence electrons. The van der Waals surface area contributed by atoms with Crippen LogP contribution < -0.4 is 0 Å². The smallest absolute Gasteiger partial charge is 0.213 e. The lowest BCUT2D eigenvalue weighted by Crippen LogP contribution is -2.87. The van der Waals surface area contributed by atoms with Gasteiger partial charge in [-0.05, 0) is 74.9 Å². The Bertz CT molecular complexity index is 1110. The number of fused-ring (bicyclic) bond motifs is 1. The van der Waals surface area contributed by atoms with Crippen LogP contribution in [0.2, 0.25) is 0 Å². The van der Waals surface area contributed by atoms with Crippen molar-refractivity contribution in [1.29, 1.82) is 0 Å². The summed E-state index contributed by atoms with van der Waals surface area (Å²) >= 11 is 0. The Labute approximate surface area is 224 Å². The molecule has 4 aliphatic heterocycles. The van der Waals surface area contributed by atoms with Crippen LogP contribution in [0.25, 0.3) is 0 Å². The molecule has 0 aromatic heterocycles. The molecule has 38 heavy (non-hydrogen) atoms. The van der Waals surface area contributed by atoms with Crippen LogP contribution in [0.5, 0.6) is 0 Å². The molecular weight excluding hydrogens is 488 g/mol. The Morgan fingerprint density at radius 3 is 2.68 bits per heavy atom. The number of Topliss-reactive ketones (excluding diaryl/α,β-unsaturated/α-hetero) is 1. The van der Waals surface area contributed by atoms with E-state index in [0.29, 0.717) is 25.2 Å². The molecule has 3 saturated carbocycles. The fraction of sp³-hybridized carbons (Fsp3) is 0.833. The summed E-state index contributed by atoms with van der Waals surface area (Å²) in [7, 11) is 0. The van der Waals surface area contributed by atoms with Crippen LogP contribution in [0.15, 0.2) is 23.5 Å². The molecule has 2 N–H and O–H groups in total. The number of rotatable bonds is 5. The lowest BCUT2D eigenvalue weighted by Gasteiger charge is -2.77. The number of aliphatic hydroxyl groups is 2. The quantitative estimate of drug-likeness (QED) is 0.411. The highest BCUT2D eigenvalue weighted by Crippen LogP contribution is 2.80. The van der Waals surface area contributed by atoms with Gasteiger partial charge in [0.25, 0.3) is 0 Å². The summed E-state index contributed by atoms with van der Waals surface area (Å²) in [4.78, 5) is 14.4. The van der Waals surface area contributed by atoms with Crippen LogP contribution in [0.4, 0.5) is 0 Å². The monoisotopic (exact) mass is 530 g/mol. The molecule has 4 bridgehead atoms. The van der Waals surface area contributed by atoms with Gasteiger partial charge in [-0.15, -0.1) is 0 Å². The molecule has 8 nitrogen and oxygen atoms in total. The minimum absolute atomic E-state index is 0.0692. The van der Waals surface area contributed by atoms with Crippen LogP contribution in [0, 0.1) is 34.0 Å². The Hall–Kier alpha value is -1.29. The van der Waals surface area contributed by atoms with Crippen molar-refractivity contribution in [3.8, 4) is 0 Å². The average Bonchev–Trinajstić information content (AvgIpc) is 2.97. The molecule has 0 amide bonds. The van der Waals surface area contributed by atoms with Gasteiger partial charge in [0.15, 0.2) is 17.9 Å². The third-order valence-corrected chi connectivity index (χ3v) is 11.1. The minimum atomic E-state index is -1.49. The number of hydrogen-bond donors (Lipinski definition) is 2. The maximum atomic E-state index is 14.4. The molecule has 6 fully saturated rings. The lowest BCUT2D eigenvalue weighted by molar-refractivity contribution is -0.527. The highest BCUT2D eigenvalue weighted by atomic mass is 16.8. The second-order valence-corrected chi connectivity index (χ2v) is 13.9. The first-order valence-electron chi connectivity index (χ1n) is 14.5. The fourth-order valence-corrected chi connectivity index (χ4v) is 10.2. The van der Waals surface area contributed by atoms with Crippen molar-refractivity contribution in [2.75, 3.05) is 19.8 Å². The van der Waals surface area contributed by atoms with E-state index in [4.69, 9.17) is 28.8 Å². The predicted molar refractivity (Wildman–Crippen MR) is 135 cm³/mol. The molecule has 4 heterocycles. The van der Waals surface area contributed by atoms with E-state index in [1.54, 1.807) is 0 Å². The van der Waals surface area contributed by atoms with E-state index in [0.717, 1.165) is 44.3 Å². The van der Waals surface area contributed by atoms with Crippen LogP contribution in [-0.2, 0) is 28.5 Å². The predicted octanol–water partition coefficient (Wildman–Crippen LogP) is 3.60. The average molecular weight is 531 g/mol. The number of allylic oxidation sites excluding steroid dienone is 1. The van der Waals surface area contributed by atoms with Gasteiger partial charge in [0.2, 0.25) is 5.79 Å². The molecule has 0 aromatic carbocycles. The van der Waals surface area contributed by atoms with E-state index < -0.39 is 40.9 Å². The van der Waals surface area contributed by atoms with Crippen molar-refractivity contribution >= 4 is 5.78 Å². The van der Waals surface area contributed by atoms with E-state index in [2.05, 4.69) is 20.4 Å². The van der Waals surface area contributed by atoms with E-state index in [-0.39, 0.29) is 35.6 Å². The maximum Gasteiger partial charge on any atom is 0.213 e. The molecule has 9 atom stereocenters. The summed E-state index contributed by atoms with van der Waals surface area (Å²) in [6.07, 6.45) is 3.60. The topological polar surface area (TPSA) is 104 Å². The van der Waals surface area contributed by atoms with Gasteiger partial charge in [-0.2, -0.15) is 0 Å². The molecular formula is C30H42O8. The van der Waals surface area contributed by atoms with E-state index in [1.807, 2.05) is 13.8 Å². The Morgan fingerprint density at radius 1 is 1.13 bits per heavy atom. The van der Waals surface area contributed by atoms with Crippen molar-refractivity contribution in [3.05, 3.63) is 23.5 Å². The van der Waals surface area contributed by atoms with Crippen molar-refractivity contribution in [3.63, 3.8) is 0 Å². The van der Waals surface area contributed by atoms with Crippen LogP contribution in [-0.4, -0.2) is 65.9 Å². The van der Waals surface area contributed by atoms with Crippen molar-refractivity contribution in [2.24, 2.45) is 34.0 Å². The zero-order valence-corrected chi connectivity index (χ0v) is 23.1. The van der Waals surface area contributed by atoms with Gasteiger partial charge in [0.05, 0.1) is 24.7 Å². The van der Waals surface area contributed by atoms with Gasteiger partial charge in [-0.1, -0.05) is 20.4 Å². The number of ketones is 1. The maximum absolute atomic E-state index is 14.4. The summed E-state index contributed by atoms with van der Waals surface area (Å²) < 4.78 is 32.9. The molecule has 0 aromatic rings. The summed E-state index contributed by atoms with van der Waals surface area (Å²) in [5.41, 5.74) is -0.285. The number of unbranched alkanes of at least 4 members (excludes halogenated alkanes) is 1. The summed E-state index contributed by atoms with van der Waals surface area (Å²) in [5.74, 6) is -2.20. The number of hydrogen-bond acceptors (Lipinski definition) is 8. The third-order valence-electron chi connectivity index (χ3n) is 11.1. The molecule has 0 radical (unpaired) electrons. The van der Waals surface area contributed by atoms with E-state index in [1.165, 1.54) is 5.57 Å². The molecule has 3 saturated heterocycles. The number of ether oxygens (including phenoxy) is 5. The standard InChI is InChI=1S/C30H42O8/c1-16-18-9-10-19-28-15-35-30(29(19,22(16)32)25(18)37-27(4,5)38-30)23(33)21(28)26(2,3)14-17-8-11-20(36-24(17)28)34-13-7-6-12-31/h18-21,23,25,31,33H,1,6-15H2,2-5H3/t18-,19-,20+,21+,23-,25+,28-,29-,30?/m0/s1. The SMILES string of the molecule is C=C1C(=O)[C@@]23[C@@H]4OC(C)(C)OC25OC[C@]2(C6=C(CC[C@H](OCCCCO)O6)CC(C)(C)[C@H]2[C@@H]5O)[C@@H]3CC[C@@H]14. The first kappa shape index (κ1) is 25.7. The van der Waals surface area contributed by atoms with Gasteiger partial charge in [0.1, 0.15) is 17.3 Å². The van der Waals surface area contributed by atoms with Crippen LogP contribution in [0.1, 0.15) is 72.6 Å². The fourth-order valence-electron chi connectivity index (χ4n) is 10.2. The van der Waals surface area contributed by atoms with Crippen LogP contribution >= 0.6 is 0 Å². The van der Waals surface area contributed by atoms with E-state index >= 15 is 0 Å². The number of carbonyl (C=O) groups excluding carboxylic acids is 1. The normalized spacial score (nSPS) is 49.3. The highest BCUT2D eigenvalue weighted by molar-refractivity contribution is 6.05. The Kier molecular flexibility index (Phi) is 5.35. The Balaban J connectivity index is 1.39. The van der Waals surface area contributed by atoms with E-state index in [9.17, 15) is 9.90 Å². The number of aliphatic hydroxyl groups excluding tert-OH is 2.